The number of rotatable bonds is 7. The van der Waals surface area contributed by atoms with Gasteiger partial charge in [0.1, 0.15) is 5.75 Å². The number of nitrogens with one attached hydrogen (secondary N) is 2. The predicted molar refractivity (Wildman–Crippen MR) is 130 cm³/mol. The van der Waals surface area contributed by atoms with E-state index in [-0.39, 0.29) is 16.1 Å². The molecule has 9 heteroatoms. The maximum atomic E-state index is 13.0. The molecular weight excluding hydrogens is 458 g/mol. The lowest BCUT2D eigenvalue weighted by Crippen LogP contribution is -2.18. The van der Waals surface area contributed by atoms with Gasteiger partial charge in [-0.3, -0.25) is 14.8 Å². The van der Waals surface area contributed by atoms with Gasteiger partial charge in [0.2, 0.25) is 0 Å². The van der Waals surface area contributed by atoms with Gasteiger partial charge < -0.3 is 4.74 Å². The second-order valence-electron chi connectivity index (χ2n) is 7.07. The highest BCUT2D eigenvalue weighted by Gasteiger charge is 2.20. The lowest BCUT2D eigenvalue weighted by molar-refractivity contribution is 0.102. The van der Waals surface area contributed by atoms with Crippen molar-refractivity contribution >= 4 is 38.1 Å². The Bertz CT molecular complexity index is 1380. The van der Waals surface area contributed by atoms with E-state index in [0.29, 0.717) is 5.13 Å². The monoisotopic (exact) mass is 479 g/mol. The van der Waals surface area contributed by atoms with Gasteiger partial charge in [-0.05, 0) is 55.5 Å². The molecule has 0 bridgehead atoms. The van der Waals surface area contributed by atoms with Crippen LogP contribution in [0.3, 0.4) is 0 Å². The summed E-state index contributed by atoms with van der Waals surface area (Å²) in [4.78, 5) is 18.6. The van der Waals surface area contributed by atoms with Gasteiger partial charge in [0.25, 0.3) is 15.9 Å². The highest BCUT2D eigenvalue weighted by atomic mass is 32.2. The van der Waals surface area contributed by atoms with Crippen LogP contribution in [0.5, 0.6) is 5.75 Å². The normalized spacial score (nSPS) is 11.1. The molecule has 0 fully saturated rings. The number of carbonyl (C=O) groups excluding carboxylic acids is 1. The van der Waals surface area contributed by atoms with Crippen LogP contribution in [-0.4, -0.2) is 26.4 Å². The Balaban J connectivity index is 1.56. The van der Waals surface area contributed by atoms with Crippen molar-refractivity contribution in [1.82, 2.24) is 4.98 Å². The van der Waals surface area contributed by atoms with Gasteiger partial charge in [-0.25, -0.2) is 13.4 Å². The van der Waals surface area contributed by atoms with Crippen molar-refractivity contribution in [3.63, 3.8) is 0 Å². The van der Waals surface area contributed by atoms with Crippen LogP contribution < -0.4 is 14.8 Å². The van der Waals surface area contributed by atoms with Crippen molar-refractivity contribution in [2.24, 2.45) is 0 Å². The molecule has 0 unspecified atom stereocenters. The zero-order valence-electron chi connectivity index (χ0n) is 17.9. The minimum absolute atomic E-state index is 0.111. The number of methoxy groups -OCH3 is 1. The summed E-state index contributed by atoms with van der Waals surface area (Å²) in [7, 11) is -2.23. The first-order chi connectivity index (χ1) is 15.9. The Morgan fingerprint density at radius 3 is 2.30 bits per heavy atom. The summed E-state index contributed by atoms with van der Waals surface area (Å²) < 4.78 is 33.1. The number of thiazole rings is 1. The number of nitrogens with zero attached hydrogens (tertiary/aromatic N) is 1. The summed E-state index contributed by atoms with van der Waals surface area (Å²) in [5.74, 6) is 0.283. The zero-order valence-corrected chi connectivity index (χ0v) is 19.5. The van der Waals surface area contributed by atoms with Gasteiger partial charge in [0.05, 0.1) is 29.0 Å². The fraction of sp³-hybridized carbons (Fsp3) is 0.0833. The van der Waals surface area contributed by atoms with E-state index in [1.54, 1.807) is 49.6 Å². The van der Waals surface area contributed by atoms with Gasteiger partial charge in [-0.1, -0.05) is 30.3 Å². The molecule has 0 radical (unpaired) electrons. The molecule has 4 aromatic rings. The molecule has 0 saturated carbocycles. The van der Waals surface area contributed by atoms with E-state index >= 15 is 0 Å². The first kappa shape index (κ1) is 22.5. The molecular formula is C24H21N3O4S2. The van der Waals surface area contributed by atoms with E-state index in [1.807, 2.05) is 31.2 Å². The maximum Gasteiger partial charge on any atom is 0.261 e. The molecule has 0 saturated heterocycles. The number of ether oxygens (including phenoxy) is 1. The summed E-state index contributed by atoms with van der Waals surface area (Å²) in [6, 6.07) is 21.9. The van der Waals surface area contributed by atoms with Crippen molar-refractivity contribution < 1.29 is 17.9 Å². The Kier molecular flexibility index (Phi) is 6.43. The molecule has 0 aliphatic heterocycles. The number of sulfonamides is 1. The van der Waals surface area contributed by atoms with Crippen LogP contribution in [0.2, 0.25) is 0 Å². The molecule has 4 rings (SSSR count). The highest BCUT2D eigenvalue weighted by Crippen LogP contribution is 2.32. The lowest BCUT2D eigenvalue weighted by atomic mass is 10.1. The van der Waals surface area contributed by atoms with Crippen molar-refractivity contribution in [2.75, 3.05) is 17.1 Å². The van der Waals surface area contributed by atoms with Crippen LogP contribution in [0.4, 0.5) is 10.8 Å². The summed E-state index contributed by atoms with van der Waals surface area (Å²) in [5, 5.41) is 3.21. The third kappa shape index (κ3) is 5.05. The van der Waals surface area contributed by atoms with E-state index in [0.717, 1.165) is 21.9 Å². The number of benzene rings is 3. The Morgan fingerprint density at radius 1 is 0.939 bits per heavy atom. The fourth-order valence-corrected chi connectivity index (χ4v) is 5.14. The largest absolute Gasteiger partial charge is 0.497 e. The van der Waals surface area contributed by atoms with Crippen molar-refractivity contribution in [3.05, 3.63) is 89.3 Å². The molecule has 2 N–H and O–H groups in total. The third-order valence-electron chi connectivity index (χ3n) is 4.85. The Labute approximate surface area is 196 Å². The first-order valence-corrected chi connectivity index (χ1v) is 12.3. The number of hydrogen-bond donors (Lipinski definition) is 2. The quantitative estimate of drug-likeness (QED) is 0.381. The molecule has 1 aromatic heterocycles. The average molecular weight is 480 g/mol. The molecule has 1 heterocycles. The Morgan fingerprint density at radius 2 is 1.61 bits per heavy atom. The molecule has 0 aliphatic carbocycles. The highest BCUT2D eigenvalue weighted by molar-refractivity contribution is 7.92. The summed E-state index contributed by atoms with van der Waals surface area (Å²) in [5.41, 5.74) is 2.04. The second-order valence-corrected chi connectivity index (χ2v) is 9.96. The van der Waals surface area contributed by atoms with Crippen LogP contribution >= 0.6 is 11.3 Å². The molecule has 0 aliphatic rings. The van der Waals surface area contributed by atoms with Gasteiger partial charge in [0.15, 0.2) is 5.13 Å². The summed E-state index contributed by atoms with van der Waals surface area (Å²) >= 11 is 1.35. The van der Waals surface area contributed by atoms with E-state index < -0.39 is 15.9 Å². The van der Waals surface area contributed by atoms with E-state index in [4.69, 9.17) is 4.74 Å². The van der Waals surface area contributed by atoms with Crippen LogP contribution in [0.25, 0.3) is 11.3 Å². The number of para-hydroxylation sites is 1. The number of carbonyl (C=O) groups is 1. The minimum Gasteiger partial charge on any atom is -0.497 e. The number of aromatic nitrogens is 1. The van der Waals surface area contributed by atoms with Crippen LogP contribution in [-0.2, 0) is 10.0 Å². The van der Waals surface area contributed by atoms with E-state index in [1.165, 1.54) is 23.5 Å². The van der Waals surface area contributed by atoms with Crippen LogP contribution in [0, 0.1) is 6.92 Å². The standard InChI is InChI=1S/C24H21N3O4S2/c1-16-22(17-12-14-18(31-2)15-13-17)25-24(32-16)26-23(28)20-10-6-7-11-21(20)27-33(29,30)19-8-4-3-5-9-19/h3-15,27H,1-2H3,(H,25,26,28). The van der Waals surface area contributed by atoms with E-state index in [9.17, 15) is 13.2 Å². The predicted octanol–water partition coefficient (Wildman–Crippen LogP) is 5.18. The van der Waals surface area contributed by atoms with Crippen LogP contribution in [0.15, 0.2) is 83.8 Å². The fourth-order valence-electron chi connectivity index (χ4n) is 3.20. The van der Waals surface area contributed by atoms with Gasteiger partial charge in [-0.15, -0.1) is 11.3 Å². The van der Waals surface area contributed by atoms with E-state index in [2.05, 4.69) is 15.0 Å². The SMILES string of the molecule is COc1ccc(-c2nc(NC(=O)c3ccccc3NS(=O)(=O)c3ccccc3)sc2C)cc1. The molecule has 7 nitrogen and oxygen atoms in total. The second kappa shape index (κ2) is 9.43. The summed E-state index contributed by atoms with van der Waals surface area (Å²) in [6.45, 7) is 1.93. The summed E-state index contributed by atoms with van der Waals surface area (Å²) in [6.07, 6.45) is 0. The minimum atomic E-state index is -3.84. The number of amides is 1. The topological polar surface area (TPSA) is 97.4 Å². The maximum absolute atomic E-state index is 13.0. The molecule has 33 heavy (non-hydrogen) atoms. The van der Waals surface area contributed by atoms with Crippen molar-refractivity contribution in [3.8, 4) is 17.0 Å². The smallest absolute Gasteiger partial charge is 0.261 e. The molecule has 3 aromatic carbocycles. The third-order valence-corrected chi connectivity index (χ3v) is 7.12. The lowest BCUT2D eigenvalue weighted by Gasteiger charge is -2.12. The number of hydrogen-bond acceptors (Lipinski definition) is 6. The number of anilines is 2. The molecule has 168 valence electrons. The average Bonchev–Trinajstić information content (AvgIpc) is 3.19. The first-order valence-electron chi connectivity index (χ1n) is 9.97. The molecule has 1 amide bonds. The van der Waals surface area contributed by atoms with Crippen molar-refractivity contribution in [1.29, 1.82) is 0 Å². The number of aryl methyl sites for hydroxylation is 1. The van der Waals surface area contributed by atoms with Crippen molar-refractivity contribution in [2.45, 2.75) is 11.8 Å². The zero-order chi connectivity index (χ0) is 23.4. The molecule has 0 atom stereocenters. The van der Waals surface area contributed by atoms with Gasteiger partial charge in [0, 0.05) is 10.4 Å². The Hall–Kier alpha value is -3.69. The molecule has 0 spiro atoms. The van der Waals surface area contributed by atoms with Gasteiger partial charge in [-0.2, -0.15) is 0 Å². The van der Waals surface area contributed by atoms with Crippen LogP contribution in [0.1, 0.15) is 15.2 Å². The van der Waals surface area contributed by atoms with Gasteiger partial charge >= 0.3 is 0 Å².